The Labute approximate surface area is 165 Å². The number of aryl methyl sites for hydroxylation is 1. The standard InChI is InChI=1S/C21H26ClN3O2/c1-14-11-19(15(2)25(14)18-10-6-7-16(22)12-18)21(27)23-13-20(26)24-17-8-4-3-5-9-17/h6-7,10-12,17H,3-5,8-9,13H2,1-2H3,(H,23,27)(H,24,26). The largest absolute Gasteiger partial charge is 0.352 e. The quantitative estimate of drug-likeness (QED) is 0.816. The lowest BCUT2D eigenvalue weighted by atomic mass is 9.95. The Hall–Kier alpha value is -2.27. The van der Waals surface area contributed by atoms with Gasteiger partial charge in [0.1, 0.15) is 0 Å². The minimum absolute atomic E-state index is 0.00380. The molecule has 0 spiro atoms. The highest BCUT2D eigenvalue weighted by atomic mass is 35.5. The van der Waals surface area contributed by atoms with Crippen molar-refractivity contribution in [2.45, 2.75) is 52.0 Å². The SMILES string of the molecule is Cc1cc(C(=O)NCC(=O)NC2CCCCC2)c(C)n1-c1cccc(Cl)c1. The zero-order valence-corrected chi connectivity index (χ0v) is 16.6. The van der Waals surface area contributed by atoms with Crippen LogP contribution in [0.2, 0.25) is 5.02 Å². The normalized spacial score (nSPS) is 14.8. The van der Waals surface area contributed by atoms with E-state index in [-0.39, 0.29) is 24.4 Å². The third-order valence-corrected chi connectivity index (χ3v) is 5.36. The Bertz CT molecular complexity index is 838. The molecule has 2 aromatic rings. The molecule has 144 valence electrons. The van der Waals surface area contributed by atoms with Crippen LogP contribution in [0.3, 0.4) is 0 Å². The van der Waals surface area contributed by atoms with Gasteiger partial charge in [0.2, 0.25) is 5.91 Å². The van der Waals surface area contributed by atoms with Crippen molar-refractivity contribution in [3.8, 4) is 5.69 Å². The first-order chi connectivity index (χ1) is 13.0. The van der Waals surface area contributed by atoms with Crippen LogP contribution in [0.25, 0.3) is 5.69 Å². The van der Waals surface area contributed by atoms with E-state index in [1.807, 2.05) is 48.7 Å². The van der Waals surface area contributed by atoms with E-state index in [0.717, 1.165) is 42.8 Å². The molecule has 0 saturated heterocycles. The van der Waals surface area contributed by atoms with Crippen LogP contribution in [0.1, 0.15) is 53.8 Å². The molecule has 5 nitrogen and oxygen atoms in total. The molecule has 27 heavy (non-hydrogen) atoms. The Balaban J connectivity index is 1.65. The molecule has 0 radical (unpaired) electrons. The summed E-state index contributed by atoms with van der Waals surface area (Å²) in [7, 11) is 0. The fourth-order valence-corrected chi connectivity index (χ4v) is 3.97. The molecule has 0 aliphatic heterocycles. The monoisotopic (exact) mass is 387 g/mol. The number of nitrogens with zero attached hydrogens (tertiary/aromatic N) is 1. The minimum atomic E-state index is -0.241. The van der Waals surface area contributed by atoms with E-state index >= 15 is 0 Å². The molecule has 0 atom stereocenters. The summed E-state index contributed by atoms with van der Waals surface area (Å²) in [5.74, 6) is -0.367. The smallest absolute Gasteiger partial charge is 0.253 e. The number of nitrogens with one attached hydrogen (secondary N) is 2. The molecule has 1 aromatic carbocycles. The van der Waals surface area contributed by atoms with E-state index in [4.69, 9.17) is 11.6 Å². The van der Waals surface area contributed by atoms with Crippen LogP contribution >= 0.6 is 11.6 Å². The summed E-state index contributed by atoms with van der Waals surface area (Å²) in [5, 5.41) is 6.40. The van der Waals surface area contributed by atoms with Crippen LogP contribution in [-0.4, -0.2) is 29.0 Å². The highest BCUT2D eigenvalue weighted by molar-refractivity contribution is 6.30. The van der Waals surface area contributed by atoms with Crippen molar-refractivity contribution in [1.82, 2.24) is 15.2 Å². The van der Waals surface area contributed by atoms with Crippen LogP contribution < -0.4 is 10.6 Å². The van der Waals surface area contributed by atoms with E-state index in [9.17, 15) is 9.59 Å². The zero-order valence-electron chi connectivity index (χ0n) is 15.8. The van der Waals surface area contributed by atoms with Crippen LogP contribution in [0.15, 0.2) is 30.3 Å². The molecule has 0 bridgehead atoms. The molecule has 6 heteroatoms. The molecule has 2 N–H and O–H groups in total. The van der Waals surface area contributed by atoms with Crippen molar-refractivity contribution >= 4 is 23.4 Å². The van der Waals surface area contributed by atoms with Gasteiger partial charge < -0.3 is 15.2 Å². The van der Waals surface area contributed by atoms with Gasteiger partial charge in [-0.3, -0.25) is 9.59 Å². The van der Waals surface area contributed by atoms with Crippen molar-refractivity contribution in [3.63, 3.8) is 0 Å². The number of aromatic nitrogens is 1. The molecule has 1 aromatic heterocycles. The van der Waals surface area contributed by atoms with Gasteiger partial charge in [0.15, 0.2) is 0 Å². The van der Waals surface area contributed by atoms with E-state index in [1.165, 1.54) is 6.42 Å². The fourth-order valence-electron chi connectivity index (χ4n) is 3.79. The van der Waals surface area contributed by atoms with Gasteiger partial charge in [-0.1, -0.05) is 36.9 Å². The van der Waals surface area contributed by atoms with E-state index in [1.54, 1.807) is 0 Å². The number of carbonyl (C=O) groups is 2. The first kappa shape index (κ1) is 19.5. The van der Waals surface area contributed by atoms with Gasteiger partial charge >= 0.3 is 0 Å². The Morgan fingerprint density at radius 3 is 2.59 bits per heavy atom. The van der Waals surface area contributed by atoms with Crippen molar-refractivity contribution in [3.05, 3.63) is 52.3 Å². The van der Waals surface area contributed by atoms with Gasteiger partial charge in [0.25, 0.3) is 5.91 Å². The molecule has 1 saturated carbocycles. The highest BCUT2D eigenvalue weighted by Gasteiger charge is 2.19. The van der Waals surface area contributed by atoms with Crippen LogP contribution in [0.5, 0.6) is 0 Å². The molecule has 2 amide bonds. The molecule has 1 fully saturated rings. The number of amides is 2. The average Bonchev–Trinajstić information content (AvgIpc) is 2.95. The third kappa shape index (κ3) is 4.72. The Kier molecular flexibility index (Phi) is 6.22. The topological polar surface area (TPSA) is 63.1 Å². The maximum atomic E-state index is 12.6. The number of hydrogen-bond acceptors (Lipinski definition) is 2. The van der Waals surface area contributed by atoms with Gasteiger partial charge in [0, 0.05) is 28.1 Å². The lowest BCUT2D eigenvalue weighted by Crippen LogP contribution is -2.42. The minimum Gasteiger partial charge on any atom is -0.352 e. The summed E-state index contributed by atoms with van der Waals surface area (Å²) >= 11 is 6.10. The van der Waals surface area contributed by atoms with Crippen molar-refractivity contribution < 1.29 is 9.59 Å². The first-order valence-corrected chi connectivity index (χ1v) is 9.86. The van der Waals surface area contributed by atoms with Gasteiger partial charge in [0.05, 0.1) is 12.1 Å². The van der Waals surface area contributed by atoms with E-state index in [0.29, 0.717) is 10.6 Å². The van der Waals surface area contributed by atoms with Gasteiger partial charge in [-0.15, -0.1) is 0 Å². The summed E-state index contributed by atoms with van der Waals surface area (Å²) in [4.78, 5) is 24.7. The summed E-state index contributed by atoms with van der Waals surface area (Å²) in [6, 6.07) is 9.59. The van der Waals surface area contributed by atoms with Crippen molar-refractivity contribution in [1.29, 1.82) is 0 Å². The Morgan fingerprint density at radius 1 is 1.15 bits per heavy atom. The summed E-state index contributed by atoms with van der Waals surface area (Å²) < 4.78 is 1.99. The molecule has 1 heterocycles. The lowest BCUT2D eigenvalue weighted by Gasteiger charge is -2.22. The zero-order chi connectivity index (χ0) is 19.4. The predicted octanol–water partition coefficient (Wildman–Crippen LogP) is 3.93. The average molecular weight is 388 g/mol. The maximum Gasteiger partial charge on any atom is 0.253 e. The lowest BCUT2D eigenvalue weighted by molar-refractivity contribution is -0.121. The molecule has 1 aliphatic rings. The second-order valence-electron chi connectivity index (χ2n) is 7.19. The number of rotatable bonds is 5. The van der Waals surface area contributed by atoms with Crippen molar-refractivity contribution in [2.75, 3.05) is 6.54 Å². The molecule has 0 unspecified atom stereocenters. The first-order valence-electron chi connectivity index (χ1n) is 9.48. The van der Waals surface area contributed by atoms with Crippen LogP contribution in [0.4, 0.5) is 0 Å². The second kappa shape index (κ2) is 8.61. The third-order valence-electron chi connectivity index (χ3n) is 5.12. The number of carbonyl (C=O) groups excluding carboxylic acids is 2. The molecule has 3 rings (SSSR count). The number of hydrogen-bond donors (Lipinski definition) is 2. The molecule has 1 aliphatic carbocycles. The predicted molar refractivity (Wildman–Crippen MR) is 108 cm³/mol. The highest BCUT2D eigenvalue weighted by Crippen LogP contribution is 2.23. The van der Waals surface area contributed by atoms with Gasteiger partial charge in [-0.05, 0) is 51.0 Å². The summed E-state index contributed by atoms with van der Waals surface area (Å²) in [6.07, 6.45) is 5.62. The van der Waals surface area contributed by atoms with Crippen LogP contribution in [0, 0.1) is 13.8 Å². The number of benzene rings is 1. The summed E-state index contributed by atoms with van der Waals surface area (Å²) in [6.45, 7) is 3.83. The maximum absolute atomic E-state index is 12.6. The fraction of sp³-hybridized carbons (Fsp3) is 0.429. The Morgan fingerprint density at radius 2 is 1.89 bits per heavy atom. The summed E-state index contributed by atoms with van der Waals surface area (Å²) in [5.41, 5.74) is 3.23. The van der Waals surface area contributed by atoms with E-state index in [2.05, 4.69) is 10.6 Å². The van der Waals surface area contributed by atoms with Gasteiger partial charge in [-0.25, -0.2) is 0 Å². The van der Waals surface area contributed by atoms with Crippen LogP contribution in [-0.2, 0) is 4.79 Å². The molecular weight excluding hydrogens is 362 g/mol. The molecular formula is C21H26ClN3O2. The second-order valence-corrected chi connectivity index (χ2v) is 7.62. The van der Waals surface area contributed by atoms with Crippen molar-refractivity contribution in [2.24, 2.45) is 0 Å². The van der Waals surface area contributed by atoms with E-state index < -0.39 is 0 Å². The number of halogens is 1. The van der Waals surface area contributed by atoms with Gasteiger partial charge in [-0.2, -0.15) is 0 Å².